The van der Waals surface area contributed by atoms with Crippen molar-refractivity contribution in [3.8, 4) is 15.5 Å². The lowest BCUT2D eigenvalue weighted by atomic mass is 9.78. The van der Waals surface area contributed by atoms with Gasteiger partial charge in [-0.2, -0.15) is 0 Å². The van der Waals surface area contributed by atoms with Gasteiger partial charge in [0.2, 0.25) is 0 Å². The molecule has 0 amide bonds. The zero-order valence-corrected chi connectivity index (χ0v) is 26.8. The average Bonchev–Trinajstić information content (AvgIpc) is 3.83. The second-order valence-electron chi connectivity index (χ2n) is 13.4. The Labute approximate surface area is 266 Å². The normalized spacial score (nSPS) is 29.1. The zero-order valence-electron chi connectivity index (χ0n) is 24.3. The summed E-state index contributed by atoms with van der Waals surface area (Å²) in [5.41, 5.74) is 0.939. The van der Waals surface area contributed by atoms with Crippen LogP contribution >= 0.6 is 34.0 Å². The summed E-state index contributed by atoms with van der Waals surface area (Å²) in [6.45, 7) is 0. The van der Waals surface area contributed by atoms with Gasteiger partial charge in [-0.15, -0.1) is 34.0 Å². The molecule has 0 bridgehead atoms. The van der Waals surface area contributed by atoms with Crippen molar-refractivity contribution in [3.63, 3.8) is 0 Å². The van der Waals surface area contributed by atoms with Gasteiger partial charge in [0.25, 0.3) is 0 Å². The molecule has 4 atom stereocenters. The number of hydrogen-bond donors (Lipinski definition) is 0. The van der Waals surface area contributed by atoms with E-state index in [1.54, 1.807) is 22.7 Å². The third-order valence-corrected chi connectivity index (χ3v) is 14.4. The summed E-state index contributed by atoms with van der Waals surface area (Å²) >= 11 is 4.69. The minimum Gasteiger partial charge on any atom is -0.479 e. The molecule has 3 aromatic heterocycles. The second kappa shape index (κ2) is 10.1. The van der Waals surface area contributed by atoms with Crippen molar-refractivity contribution in [2.75, 3.05) is 0 Å². The maximum absolute atomic E-state index is 13.2. The van der Waals surface area contributed by atoms with Gasteiger partial charge >= 0.3 is 0 Å². The van der Waals surface area contributed by atoms with Crippen LogP contribution in [0, 0.1) is 23.7 Å². The predicted octanol–water partition coefficient (Wildman–Crippen LogP) is 8.30. The van der Waals surface area contributed by atoms with Crippen LogP contribution in [0.15, 0.2) is 22.1 Å². The molecule has 9 rings (SSSR count). The van der Waals surface area contributed by atoms with E-state index in [0.717, 1.165) is 108 Å². The lowest BCUT2D eigenvalue weighted by molar-refractivity contribution is -0.120. The lowest BCUT2D eigenvalue weighted by Crippen LogP contribution is -2.37. The summed E-state index contributed by atoms with van der Waals surface area (Å²) in [6, 6.07) is 4.06. The predicted molar refractivity (Wildman–Crippen MR) is 174 cm³/mol. The van der Waals surface area contributed by atoms with Crippen LogP contribution in [-0.2, 0) is 24.8 Å². The fourth-order valence-electron chi connectivity index (χ4n) is 8.74. The first-order valence-electron chi connectivity index (χ1n) is 16.2. The highest BCUT2D eigenvalue weighted by molar-refractivity contribution is 7.33. The van der Waals surface area contributed by atoms with Crippen LogP contribution in [0.25, 0.3) is 19.2 Å². The van der Waals surface area contributed by atoms with Gasteiger partial charge in [-0.3, -0.25) is 19.2 Å². The molecule has 3 aromatic rings. The van der Waals surface area contributed by atoms with Gasteiger partial charge in [0.1, 0.15) is 15.6 Å². The molecule has 0 N–H and O–H groups in total. The summed E-state index contributed by atoms with van der Waals surface area (Å²) < 4.78 is 9.04. The number of ketones is 4. The number of hydrogen-bond acceptors (Lipinski definition) is 10. The molecule has 7 nitrogen and oxygen atoms in total. The Morgan fingerprint density at radius 1 is 0.614 bits per heavy atom. The number of Topliss-reactive ketones (excluding diaryl/α,β-unsaturated/α-hetero) is 4. The molecule has 1 spiro atoms. The number of ether oxygens (including phenoxy) is 1. The molecule has 0 radical (unpaired) electrons. The Hall–Kier alpha value is -2.82. The average molecular weight is 645 g/mol. The van der Waals surface area contributed by atoms with Crippen LogP contribution in [-0.4, -0.2) is 34.6 Å². The van der Waals surface area contributed by atoms with E-state index < -0.39 is 5.60 Å². The molecule has 0 saturated heterocycles. The molecule has 4 unspecified atom stereocenters. The Morgan fingerprint density at radius 3 is 1.68 bits per heavy atom. The highest BCUT2D eigenvalue weighted by Crippen LogP contribution is 2.61. The van der Waals surface area contributed by atoms with Gasteiger partial charge in [0.15, 0.2) is 40.3 Å². The van der Waals surface area contributed by atoms with E-state index in [-0.39, 0.29) is 58.2 Å². The van der Waals surface area contributed by atoms with E-state index >= 15 is 0 Å². The van der Waals surface area contributed by atoms with Crippen LogP contribution in [0.2, 0.25) is 0 Å². The van der Waals surface area contributed by atoms with E-state index in [4.69, 9.17) is 9.73 Å². The number of aliphatic imine (C=N–C) groups is 2. The Bertz CT molecular complexity index is 1800. The van der Waals surface area contributed by atoms with Gasteiger partial charge in [-0.25, -0.2) is 9.98 Å². The highest BCUT2D eigenvalue weighted by atomic mass is 32.1. The number of nitrogens with zero attached hydrogens (tertiary/aromatic N) is 2. The Balaban J connectivity index is 1.11. The Kier molecular flexibility index (Phi) is 6.30. The van der Waals surface area contributed by atoms with Crippen molar-refractivity contribution in [1.29, 1.82) is 0 Å². The van der Waals surface area contributed by atoms with Gasteiger partial charge in [0.05, 0.1) is 19.2 Å². The van der Waals surface area contributed by atoms with Crippen molar-refractivity contribution in [2.45, 2.75) is 89.1 Å². The van der Waals surface area contributed by atoms with E-state index in [1.807, 2.05) is 6.07 Å². The van der Waals surface area contributed by atoms with Crippen LogP contribution < -0.4 is 4.74 Å². The van der Waals surface area contributed by atoms with Gasteiger partial charge in [-0.1, -0.05) is 32.1 Å². The Morgan fingerprint density at radius 2 is 1.14 bits per heavy atom. The van der Waals surface area contributed by atoms with Gasteiger partial charge in [-0.05, 0) is 63.5 Å². The van der Waals surface area contributed by atoms with Crippen LogP contribution in [0.3, 0.4) is 0 Å². The lowest BCUT2D eigenvalue weighted by Gasteiger charge is -2.40. The van der Waals surface area contributed by atoms with Crippen LogP contribution in [0.5, 0.6) is 5.75 Å². The molecule has 226 valence electrons. The fraction of sp³-hybridized carbons (Fsp3) is 0.529. The molecule has 6 aliphatic rings. The minimum absolute atomic E-state index is 0.0698. The zero-order chi connectivity index (χ0) is 29.7. The largest absolute Gasteiger partial charge is 0.479 e. The monoisotopic (exact) mass is 644 g/mol. The molecule has 10 heteroatoms. The smallest absolute Gasteiger partial charge is 0.188 e. The molecular weight excluding hydrogens is 613 g/mol. The molecule has 44 heavy (non-hydrogen) atoms. The number of rotatable bonds is 2. The van der Waals surface area contributed by atoms with Crippen molar-refractivity contribution < 1.29 is 23.9 Å². The third-order valence-electron chi connectivity index (χ3n) is 10.9. The van der Waals surface area contributed by atoms with Crippen molar-refractivity contribution in [3.05, 3.63) is 17.7 Å². The second-order valence-corrected chi connectivity index (χ2v) is 16.5. The fourth-order valence-corrected chi connectivity index (χ4v) is 12.4. The summed E-state index contributed by atoms with van der Waals surface area (Å²) in [4.78, 5) is 64.2. The van der Waals surface area contributed by atoms with Crippen molar-refractivity contribution in [2.24, 2.45) is 33.7 Å². The van der Waals surface area contributed by atoms with Gasteiger partial charge < -0.3 is 4.74 Å². The number of fused-ring (bicyclic) bond motifs is 8. The third kappa shape index (κ3) is 3.95. The summed E-state index contributed by atoms with van der Waals surface area (Å²) in [7, 11) is 0. The van der Waals surface area contributed by atoms with Crippen molar-refractivity contribution in [1.82, 2.24) is 0 Å². The molecule has 1 aliphatic heterocycles. The summed E-state index contributed by atoms with van der Waals surface area (Å²) in [5.74, 6) is -0.194. The molecule has 5 aliphatic carbocycles. The molecule has 5 fully saturated rings. The molecule has 5 saturated carbocycles. The molecule has 0 aromatic carbocycles. The van der Waals surface area contributed by atoms with Gasteiger partial charge in [0, 0.05) is 29.2 Å². The SMILES string of the molecule is O=C1C(=Nc2cc3c(s2)-c2sc4cc(N=C5C(=O)C6CCCCC6C5=O)sc4c2OC32CCCCC2)C(=O)C2CCCCC12. The summed E-state index contributed by atoms with van der Waals surface area (Å²) in [5, 5.41) is 1.38. The van der Waals surface area contributed by atoms with Crippen LogP contribution in [0.1, 0.15) is 89.0 Å². The molecular formula is C34H32N2O5S3. The van der Waals surface area contributed by atoms with E-state index in [0.29, 0.717) is 10.0 Å². The maximum atomic E-state index is 13.2. The quantitative estimate of drug-likeness (QED) is 0.279. The van der Waals surface area contributed by atoms with E-state index in [9.17, 15) is 19.2 Å². The highest BCUT2D eigenvalue weighted by Gasteiger charge is 2.50. The van der Waals surface area contributed by atoms with Crippen molar-refractivity contribution >= 4 is 88.0 Å². The first-order chi connectivity index (χ1) is 21.4. The first kappa shape index (κ1) is 27.5. The number of carbonyl (C=O) groups excluding carboxylic acids is 4. The number of carbonyl (C=O) groups is 4. The topological polar surface area (TPSA) is 102 Å². The first-order valence-corrected chi connectivity index (χ1v) is 18.6. The number of thiophene rings is 3. The maximum Gasteiger partial charge on any atom is 0.188 e. The standard InChI is InChI=1S/C34H32N2O5S3/c37-26-16-8-2-3-9-17(16)27(38)24(26)35-22-14-20-31(43-22)33-30(41-34(20)12-6-1-7-13-34)32-21(42-33)15-23(44-32)36-25-28(39)18-10-4-5-11-19(18)29(25)40/h14-19H,1-13H2. The summed E-state index contributed by atoms with van der Waals surface area (Å²) in [6.07, 6.45) is 12.3. The van der Waals surface area contributed by atoms with E-state index in [1.165, 1.54) is 17.8 Å². The van der Waals surface area contributed by atoms with Crippen LogP contribution in [0.4, 0.5) is 10.0 Å². The minimum atomic E-state index is -0.468. The van der Waals surface area contributed by atoms with E-state index in [2.05, 4.69) is 11.1 Å². The molecule has 4 heterocycles.